The summed E-state index contributed by atoms with van der Waals surface area (Å²) in [5.41, 5.74) is 4.85. The Kier molecular flexibility index (Phi) is 16.1. The third-order valence-electron chi connectivity index (χ3n) is 8.65. The summed E-state index contributed by atoms with van der Waals surface area (Å²) in [7, 11) is 8.61. The Labute approximate surface area is 327 Å². The maximum Gasteiger partial charge on any atom is 0.435 e. The van der Waals surface area contributed by atoms with E-state index in [4.69, 9.17) is 22.1 Å². The number of aliphatic hydroxyl groups excluding tert-OH is 1. The van der Waals surface area contributed by atoms with Gasteiger partial charge in [-0.2, -0.15) is 18.3 Å². The van der Waals surface area contributed by atoms with Crippen LogP contribution < -0.4 is 16.0 Å². The predicted molar refractivity (Wildman–Crippen MR) is 202 cm³/mol. The van der Waals surface area contributed by atoms with Crippen molar-refractivity contribution < 1.29 is 47.1 Å². The van der Waals surface area contributed by atoms with E-state index in [9.17, 15) is 32.7 Å². The molecule has 2 unspecified atom stereocenters. The summed E-state index contributed by atoms with van der Waals surface area (Å²) in [6.07, 6.45) is -1.49. The molecule has 0 spiro atoms. The number of hydrogen-bond acceptors (Lipinski definition) is 10. The number of nitrogen functional groups attached to an aromatic ring is 1. The van der Waals surface area contributed by atoms with Crippen molar-refractivity contribution in [2.75, 3.05) is 72.1 Å². The second-order valence-electron chi connectivity index (χ2n) is 13.1. The van der Waals surface area contributed by atoms with Crippen LogP contribution in [0.5, 0.6) is 0 Å². The van der Waals surface area contributed by atoms with E-state index in [1.54, 1.807) is 30.9 Å². The third kappa shape index (κ3) is 11.1. The normalized spacial score (nSPS) is 13.9. The second kappa shape index (κ2) is 20.0. The number of ether oxygens (including phenoxy) is 1. The van der Waals surface area contributed by atoms with E-state index in [0.29, 0.717) is 25.2 Å². The first-order valence-electron chi connectivity index (χ1n) is 17.2. The zero-order valence-electron chi connectivity index (χ0n) is 31.9. The molecule has 0 radical (unpaired) electrons. The van der Waals surface area contributed by atoms with Gasteiger partial charge in [-0.3, -0.25) is 14.4 Å². The molecule has 20 heteroatoms. The zero-order chi connectivity index (χ0) is 41.9. The molecule has 4 aromatic rings. The lowest BCUT2D eigenvalue weighted by Crippen LogP contribution is -3.05. The lowest BCUT2D eigenvalue weighted by Gasteiger charge is -2.37. The van der Waals surface area contributed by atoms with Crippen molar-refractivity contribution in [2.45, 2.75) is 25.6 Å². The number of benzene rings is 1. The molecule has 2 atom stereocenters. The number of carbonyl (C=O) groups excluding carboxylic acids is 4. The molecule has 3 amide bonds. The molecule has 5 N–H and O–H groups in total. The Balaban J connectivity index is 0.00000160. The van der Waals surface area contributed by atoms with Gasteiger partial charge in [-0.15, -0.1) is 0 Å². The minimum Gasteiger partial charge on any atom is -0.397 e. The Morgan fingerprint density at radius 2 is 1.68 bits per heavy atom. The van der Waals surface area contributed by atoms with E-state index in [1.165, 1.54) is 53.0 Å². The Morgan fingerprint density at radius 1 is 1.05 bits per heavy atom. The van der Waals surface area contributed by atoms with Crippen LogP contribution in [0, 0.1) is 5.92 Å². The van der Waals surface area contributed by atoms with Crippen LogP contribution in [0.25, 0.3) is 17.1 Å². The van der Waals surface area contributed by atoms with Gasteiger partial charge in [0.15, 0.2) is 17.3 Å². The van der Waals surface area contributed by atoms with E-state index >= 15 is 0 Å². The molecule has 1 aliphatic heterocycles. The predicted octanol–water partition coefficient (Wildman–Crippen LogP) is 2.07. The molecule has 0 bridgehead atoms. The molecule has 1 saturated heterocycles. The molecule has 5 rings (SSSR count). The molecule has 4 heterocycles. The first-order valence-corrected chi connectivity index (χ1v) is 17.6. The van der Waals surface area contributed by atoms with Crippen molar-refractivity contribution in [3.8, 4) is 17.1 Å². The van der Waals surface area contributed by atoms with Crippen LogP contribution in [0.1, 0.15) is 40.0 Å². The maximum atomic E-state index is 14.0. The van der Waals surface area contributed by atoms with Crippen molar-refractivity contribution in [3.63, 3.8) is 0 Å². The van der Waals surface area contributed by atoms with Crippen molar-refractivity contribution in [2.24, 2.45) is 13.0 Å². The number of aromatic nitrogens is 5. The highest BCUT2D eigenvalue weighted by Gasteiger charge is 2.39. The van der Waals surface area contributed by atoms with Gasteiger partial charge in [-0.05, 0) is 37.3 Å². The van der Waals surface area contributed by atoms with Gasteiger partial charge in [-0.25, -0.2) is 14.6 Å². The fourth-order valence-corrected chi connectivity index (χ4v) is 6.06. The van der Waals surface area contributed by atoms with Gasteiger partial charge in [0.1, 0.15) is 6.79 Å². The monoisotopic (exact) mass is 807 g/mol. The fraction of sp³-hybridized carbons (Fsp3) is 0.417. The van der Waals surface area contributed by atoms with Crippen molar-refractivity contribution in [1.82, 2.24) is 34.1 Å². The topological polar surface area (TPSA) is 195 Å². The molecular formula is C36H47ClF3N10O6+. The van der Waals surface area contributed by atoms with Gasteiger partial charge in [0, 0.05) is 65.8 Å². The number of rotatable bonds is 10. The molecular weight excluding hydrogens is 761 g/mol. The van der Waals surface area contributed by atoms with Gasteiger partial charge in [0.05, 0.1) is 72.6 Å². The minimum absolute atomic E-state index is 0.0223. The summed E-state index contributed by atoms with van der Waals surface area (Å²) >= 11 is 6.48. The van der Waals surface area contributed by atoms with E-state index in [-0.39, 0.29) is 64.1 Å². The van der Waals surface area contributed by atoms with Gasteiger partial charge in [0.25, 0.3) is 11.8 Å². The summed E-state index contributed by atoms with van der Waals surface area (Å²) in [4.78, 5) is 60.2. The lowest BCUT2D eigenvalue weighted by atomic mass is 9.97. The molecule has 16 nitrogen and oxygen atoms in total. The summed E-state index contributed by atoms with van der Waals surface area (Å²) in [5, 5.41) is 16.6. The number of carbonyl (C=O) groups is 4. The van der Waals surface area contributed by atoms with Crippen LogP contribution in [0.3, 0.4) is 0 Å². The molecule has 304 valence electrons. The highest BCUT2D eigenvalue weighted by atomic mass is 35.5. The van der Waals surface area contributed by atoms with Crippen LogP contribution in [-0.4, -0.2) is 131 Å². The van der Waals surface area contributed by atoms with Gasteiger partial charge in [0.2, 0.25) is 5.91 Å². The fourth-order valence-electron chi connectivity index (χ4n) is 5.80. The van der Waals surface area contributed by atoms with E-state index < -0.39 is 29.8 Å². The number of imidazole rings is 1. The maximum absolute atomic E-state index is 14.0. The number of nitrogens with zero attached hydrogens (tertiary/aromatic N) is 7. The summed E-state index contributed by atoms with van der Waals surface area (Å²) in [6.45, 7) is 5.51. The first kappa shape index (κ1) is 45.0. The summed E-state index contributed by atoms with van der Waals surface area (Å²) in [6, 6.07) is 7.23. The number of hydrogen-bond donors (Lipinski definition) is 4. The smallest absolute Gasteiger partial charge is 0.397 e. The second-order valence-corrected chi connectivity index (χ2v) is 13.5. The zero-order valence-corrected chi connectivity index (χ0v) is 32.7. The Bertz CT molecular complexity index is 1940. The largest absolute Gasteiger partial charge is 0.435 e. The van der Waals surface area contributed by atoms with Crippen molar-refractivity contribution in [1.29, 1.82) is 0 Å². The van der Waals surface area contributed by atoms with Crippen molar-refractivity contribution in [3.05, 3.63) is 71.0 Å². The number of anilines is 2. The average Bonchev–Trinajstić information content (AvgIpc) is 3.77. The Morgan fingerprint density at radius 3 is 2.21 bits per heavy atom. The number of piperazine rings is 1. The van der Waals surface area contributed by atoms with Crippen molar-refractivity contribution >= 4 is 47.5 Å². The number of pyridine rings is 1. The number of methoxy groups -OCH3 is 1. The lowest BCUT2D eigenvalue weighted by molar-refractivity contribution is -0.858. The quantitative estimate of drug-likeness (QED) is 0.184. The number of nitrogens with one attached hydrogen (secondary N) is 2. The number of quaternary nitrogens is 1. The number of alkyl halides is 3. The average molecular weight is 808 g/mol. The minimum atomic E-state index is -4.82. The third-order valence-corrected chi connectivity index (χ3v) is 8.96. The summed E-state index contributed by atoms with van der Waals surface area (Å²) < 4.78 is 48.5. The number of aliphatic hydroxyl groups is 1. The number of amides is 3. The standard InChI is InChI=1S/C33H38ClF3N10O4.C2H6O.CH2O/c1-19(48)22(9-10-43(2)3)31(50)45-11-13-46(14-12-45)32(51)23-7-6-21(15-25(23)34)41-30(49)29-40-17-26(44(29)4)24-18-47(42-28(24)33(35,36)37)27-8-5-20(38)16-39-27;1-3-2;1-2/h5-8,15-19,22,48H,9-14,38H2,1-4H3,(H,41,49);1-2H3;1H2/p+1. The van der Waals surface area contributed by atoms with Crippen LogP contribution in [0.4, 0.5) is 24.5 Å². The van der Waals surface area contributed by atoms with Gasteiger partial charge in [-0.1, -0.05) is 11.6 Å². The van der Waals surface area contributed by atoms with E-state index in [2.05, 4.69) is 25.1 Å². The molecule has 0 saturated carbocycles. The molecule has 56 heavy (non-hydrogen) atoms. The highest BCUT2D eigenvalue weighted by Crippen LogP contribution is 2.37. The first-order chi connectivity index (χ1) is 26.5. The molecule has 3 aromatic heterocycles. The SMILES string of the molecule is C=O.CC(O)C(CC[NH+](C)C)C(=O)N1CCN(C(=O)c2ccc(NC(=O)c3ncc(-c4cn(-c5ccc(N)cn5)nc4C(F)(F)F)n3C)cc2Cl)CC1.COC. The number of halogens is 4. The van der Waals surface area contributed by atoms with Crippen LogP contribution >= 0.6 is 11.6 Å². The van der Waals surface area contributed by atoms with Crippen LogP contribution in [-0.2, 0) is 27.5 Å². The van der Waals surface area contributed by atoms with Crippen LogP contribution in [0.15, 0.2) is 48.9 Å². The summed E-state index contributed by atoms with van der Waals surface area (Å²) in [5.74, 6) is -1.83. The molecule has 0 aliphatic carbocycles. The van der Waals surface area contributed by atoms with Crippen LogP contribution in [0.2, 0.25) is 5.02 Å². The van der Waals surface area contributed by atoms with Gasteiger partial charge >= 0.3 is 6.18 Å². The molecule has 1 fully saturated rings. The van der Waals surface area contributed by atoms with E-state index in [0.717, 1.165) is 23.6 Å². The molecule has 1 aliphatic rings. The highest BCUT2D eigenvalue weighted by molar-refractivity contribution is 6.34. The Hall–Kier alpha value is -5.37. The van der Waals surface area contributed by atoms with E-state index in [1.807, 2.05) is 20.9 Å². The number of nitrogens with two attached hydrogens (primary N) is 1. The van der Waals surface area contributed by atoms with Gasteiger partial charge < -0.3 is 45.0 Å². The molecule has 1 aromatic carbocycles.